The zero-order valence-corrected chi connectivity index (χ0v) is 17.0. The van der Waals surface area contributed by atoms with Gasteiger partial charge in [0.1, 0.15) is 0 Å². The van der Waals surface area contributed by atoms with Crippen LogP contribution >= 0.6 is 0 Å². The van der Waals surface area contributed by atoms with E-state index >= 15 is 0 Å². The van der Waals surface area contributed by atoms with E-state index in [1.165, 1.54) is 5.56 Å². The average Bonchev–Trinajstić information content (AvgIpc) is 3.59. The van der Waals surface area contributed by atoms with Gasteiger partial charge in [0.05, 0.1) is 0 Å². The number of urea groups is 1. The van der Waals surface area contributed by atoms with E-state index in [0.717, 1.165) is 64.5 Å². The van der Waals surface area contributed by atoms with Crippen molar-refractivity contribution < 1.29 is 9.59 Å². The maximum Gasteiger partial charge on any atom is 0.317 e. The lowest BCUT2D eigenvalue weighted by atomic mass is 9.82. The summed E-state index contributed by atoms with van der Waals surface area (Å²) in [6, 6.07) is 11.3. The highest BCUT2D eigenvalue weighted by Crippen LogP contribution is 2.33. The van der Waals surface area contributed by atoms with Crippen LogP contribution in [-0.4, -0.2) is 54.0 Å². The molecule has 1 aliphatic heterocycles. The molecule has 0 radical (unpaired) electrons. The van der Waals surface area contributed by atoms with Crippen LogP contribution in [0.5, 0.6) is 0 Å². The lowest BCUT2D eigenvalue weighted by Gasteiger charge is -2.38. The topological polar surface area (TPSA) is 52.7 Å². The van der Waals surface area contributed by atoms with Crippen molar-refractivity contribution in [3.8, 4) is 0 Å². The van der Waals surface area contributed by atoms with Crippen LogP contribution in [0.3, 0.4) is 0 Å². The van der Waals surface area contributed by atoms with Gasteiger partial charge in [0, 0.05) is 38.1 Å². The maximum absolute atomic E-state index is 12.7. The van der Waals surface area contributed by atoms with E-state index in [-0.39, 0.29) is 18.1 Å². The molecule has 3 fully saturated rings. The summed E-state index contributed by atoms with van der Waals surface area (Å²) in [6.45, 7) is 1.58. The molecule has 0 bridgehead atoms. The standard InChI is InChI=1S/C23H33N3O2/c1-25(21-13-15-26(16-14-21)22(27)19-7-8-19)23(28)24-20-11-9-18(10-12-20)17-5-3-2-4-6-17/h2-6,18-21H,7-16H2,1H3,(H,24,28)/t18-,20+. The first-order valence-electron chi connectivity index (χ1n) is 11.0. The highest BCUT2D eigenvalue weighted by Gasteiger charge is 2.36. The summed E-state index contributed by atoms with van der Waals surface area (Å²) in [6.07, 6.45) is 8.29. The second-order valence-corrected chi connectivity index (χ2v) is 8.85. The molecular formula is C23H33N3O2. The molecule has 3 amide bonds. The van der Waals surface area contributed by atoms with Crippen molar-refractivity contribution in [2.24, 2.45) is 5.92 Å². The highest BCUT2D eigenvalue weighted by molar-refractivity contribution is 5.81. The maximum atomic E-state index is 12.7. The minimum absolute atomic E-state index is 0.0510. The predicted octanol–water partition coefficient (Wildman–Crippen LogP) is 3.76. The molecule has 4 rings (SSSR count). The van der Waals surface area contributed by atoms with Crippen LogP contribution in [0.4, 0.5) is 4.79 Å². The second-order valence-electron chi connectivity index (χ2n) is 8.85. The number of likely N-dealkylation sites (tertiary alicyclic amines) is 1. The van der Waals surface area contributed by atoms with Gasteiger partial charge in [-0.3, -0.25) is 4.79 Å². The van der Waals surface area contributed by atoms with E-state index in [1.54, 1.807) is 0 Å². The number of carbonyl (C=O) groups excluding carboxylic acids is 2. The molecule has 1 heterocycles. The summed E-state index contributed by atoms with van der Waals surface area (Å²) in [5.41, 5.74) is 1.43. The van der Waals surface area contributed by atoms with Gasteiger partial charge in [0.2, 0.25) is 5.91 Å². The monoisotopic (exact) mass is 383 g/mol. The van der Waals surface area contributed by atoms with Gasteiger partial charge in [-0.1, -0.05) is 30.3 Å². The summed E-state index contributed by atoms with van der Waals surface area (Å²) in [5, 5.41) is 3.26. The van der Waals surface area contributed by atoms with Crippen molar-refractivity contribution in [2.75, 3.05) is 20.1 Å². The molecule has 0 unspecified atom stereocenters. The number of benzene rings is 1. The Morgan fingerprint density at radius 3 is 2.18 bits per heavy atom. The minimum atomic E-state index is 0.0510. The zero-order valence-electron chi connectivity index (χ0n) is 17.0. The number of hydrogen-bond donors (Lipinski definition) is 1. The summed E-state index contributed by atoms with van der Waals surface area (Å²) in [4.78, 5) is 28.8. The Bertz CT molecular complexity index is 672. The van der Waals surface area contributed by atoms with Gasteiger partial charge in [0.25, 0.3) is 0 Å². The minimum Gasteiger partial charge on any atom is -0.342 e. The van der Waals surface area contributed by atoms with Crippen LogP contribution in [0.15, 0.2) is 30.3 Å². The third kappa shape index (κ3) is 4.50. The van der Waals surface area contributed by atoms with E-state index in [1.807, 2.05) is 16.8 Å². The van der Waals surface area contributed by atoms with E-state index in [0.29, 0.717) is 17.7 Å². The largest absolute Gasteiger partial charge is 0.342 e. The molecule has 0 aromatic heterocycles. The number of nitrogens with one attached hydrogen (secondary N) is 1. The Labute approximate surface area is 168 Å². The van der Waals surface area contributed by atoms with Crippen molar-refractivity contribution in [2.45, 2.75) is 69.4 Å². The van der Waals surface area contributed by atoms with Gasteiger partial charge < -0.3 is 15.1 Å². The van der Waals surface area contributed by atoms with Gasteiger partial charge in [-0.15, -0.1) is 0 Å². The van der Waals surface area contributed by atoms with Crippen LogP contribution in [0.2, 0.25) is 0 Å². The van der Waals surface area contributed by atoms with Crippen molar-refractivity contribution in [1.82, 2.24) is 15.1 Å². The molecule has 28 heavy (non-hydrogen) atoms. The Morgan fingerprint density at radius 1 is 0.929 bits per heavy atom. The van der Waals surface area contributed by atoms with Crippen LogP contribution in [0.25, 0.3) is 0 Å². The highest BCUT2D eigenvalue weighted by atomic mass is 16.2. The molecule has 0 atom stereocenters. The number of piperidine rings is 1. The van der Waals surface area contributed by atoms with E-state index in [4.69, 9.17) is 0 Å². The smallest absolute Gasteiger partial charge is 0.317 e. The molecule has 5 nitrogen and oxygen atoms in total. The molecule has 1 N–H and O–H groups in total. The third-order valence-electron chi connectivity index (χ3n) is 6.90. The second kappa shape index (κ2) is 8.54. The van der Waals surface area contributed by atoms with Crippen LogP contribution in [0.1, 0.15) is 62.8 Å². The van der Waals surface area contributed by atoms with E-state index < -0.39 is 0 Å². The summed E-state index contributed by atoms with van der Waals surface area (Å²) < 4.78 is 0. The SMILES string of the molecule is CN(C(=O)N[C@H]1CC[C@@H](c2ccccc2)CC1)C1CCN(C(=O)C2CC2)CC1. The molecule has 3 aliphatic rings. The molecule has 1 aromatic carbocycles. The fraction of sp³-hybridized carbons (Fsp3) is 0.652. The predicted molar refractivity (Wildman–Crippen MR) is 110 cm³/mol. The van der Waals surface area contributed by atoms with Gasteiger partial charge in [0.15, 0.2) is 0 Å². The lowest BCUT2D eigenvalue weighted by molar-refractivity contribution is -0.133. The number of rotatable bonds is 4. The molecule has 1 saturated heterocycles. The fourth-order valence-electron chi connectivity index (χ4n) is 4.80. The van der Waals surface area contributed by atoms with Gasteiger partial charge in [-0.2, -0.15) is 0 Å². The van der Waals surface area contributed by atoms with Crippen LogP contribution < -0.4 is 5.32 Å². The third-order valence-corrected chi connectivity index (χ3v) is 6.90. The average molecular weight is 384 g/mol. The summed E-state index contributed by atoms with van der Waals surface area (Å²) in [5.74, 6) is 1.25. The molecule has 5 heteroatoms. The summed E-state index contributed by atoms with van der Waals surface area (Å²) in [7, 11) is 1.91. The van der Waals surface area contributed by atoms with Crippen LogP contribution in [-0.2, 0) is 4.79 Å². The van der Waals surface area contributed by atoms with E-state index in [2.05, 4.69) is 35.6 Å². The van der Waals surface area contributed by atoms with E-state index in [9.17, 15) is 9.59 Å². The Hall–Kier alpha value is -2.04. The first-order valence-corrected chi connectivity index (χ1v) is 11.0. The van der Waals surface area contributed by atoms with Crippen molar-refractivity contribution >= 4 is 11.9 Å². The quantitative estimate of drug-likeness (QED) is 0.861. The van der Waals surface area contributed by atoms with Crippen LogP contribution in [0, 0.1) is 5.92 Å². The van der Waals surface area contributed by atoms with Crippen molar-refractivity contribution in [1.29, 1.82) is 0 Å². The molecular weight excluding hydrogens is 350 g/mol. The molecule has 2 aliphatic carbocycles. The fourth-order valence-corrected chi connectivity index (χ4v) is 4.80. The first-order chi connectivity index (χ1) is 13.6. The Balaban J connectivity index is 1.20. The first kappa shape index (κ1) is 19.3. The van der Waals surface area contributed by atoms with Crippen molar-refractivity contribution in [3.05, 3.63) is 35.9 Å². The zero-order chi connectivity index (χ0) is 19.5. The van der Waals surface area contributed by atoms with Gasteiger partial charge in [-0.05, 0) is 62.8 Å². The number of amides is 3. The summed E-state index contributed by atoms with van der Waals surface area (Å²) >= 11 is 0. The van der Waals surface area contributed by atoms with Gasteiger partial charge >= 0.3 is 6.03 Å². The molecule has 0 spiro atoms. The Kier molecular flexibility index (Phi) is 5.88. The van der Waals surface area contributed by atoms with Gasteiger partial charge in [-0.25, -0.2) is 4.79 Å². The lowest BCUT2D eigenvalue weighted by Crippen LogP contribution is -2.52. The number of nitrogens with zero attached hydrogens (tertiary/aromatic N) is 2. The van der Waals surface area contributed by atoms with Crippen molar-refractivity contribution in [3.63, 3.8) is 0 Å². The number of hydrogen-bond acceptors (Lipinski definition) is 2. The number of carbonyl (C=O) groups is 2. The molecule has 1 aromatic rings. The molecule has 2 saturated carbocycles. The Morgan fingerprint density at radius 2 is 1.57 bits per heavy atom. The normalized spacial score (nSPS) is 26.0. The molecule has 152 valence electrons.